The Labute approximate surface area is 118 Å². The van der Waals surface area contributed by atoms with Crippen molar-refractivity contribution in [1.82, 2.24) is 9.55 Å². The molecule has 106 valence electrons. The van der Waals surface area contributed by atoms with Gasteiger partial charge in [0.2, 0.25) is 5.95 Å². The van der Waals surface area contributed by atoms with Gasteiger partial charge in [-0.1, -0.05) is 11.6 Å². The quantitative estimate of drug-likeness (QED) is 0.924. The number of halogens is 4. The summed E-state index contributed by atoms with van der Waals surface area (Å²) in [6.07, 6.45) is 0.809. The van der Waals surface area contributed by atoms with Crippen LogP contribution in [-0.2, 0) is 6.18 Å². The maximum Gasteiger partial charge on any atom is 0.416 e. The van der Waals surface area contributed by atoms with Gasteiger partial charge in [0.15, 0.2) is 0 Å². The van der Waals surface area contributed by atoms with Crippen LogP contribution in [0, 0.1) is 0 Å². The van der Waals surface area contributed by atoms with E-state index in [-0.39, 0.29) is 10.7 Å². The van der Waals surface area contributed by atoms with Crippen LogP contribution in [0.2, 0.25) is 5.02 Å². The van der Waals surface area contributed by atoms with Crippen LogP contribution in [0.3, 0.4) is 0 Å². The molecule has 0 aliphatic heterocycles. The van der Waals surface area contributed by atoms with E-state index in [0.29, 0.717) is 12.0 Å². The van der Waals surface area contributed by atoms with Crippen LogP contribution < -0.4 is 5.32 Å². The second-order valence-electron chi connectivity index (χ2n) is 4.70. The Kier molecular flexibility index (Phi) is 3.12. The Balaban J connectivity index is 2.02. The van der Waals surface area contributed by atoms with Crippen LogP contribution in [0.25, 0.3) is 5.69 Å². The summed E-state index contributed by atoms with van der Waals surface area (Å²) in [5, 5.41) is 3.41. The summed E-state index contributed by atoms with van der Waals surface area (Å²) >= 11 is 6.02. The van der Waals surface area contributed by atoms with Gasteiger partial charge in [0.25, 0.3) is 0 Å². The highest BCUT2D eigenvalue weighted by atomic mass is 35.5. The van der Waals surface area contributed by atoms with E-state index >= 15 is 0 Å². The predicted molar refractivity (Wildman–Crippen MR) is 70.2 cm³/mol. The van der Waals surface area contributed by atoms with Crippen molar-refractivity contribution in [3.05, 3.63) is 41.2 Å². The zero-order chi connectivity index (χ0) is 14.3. The molecule has 1 aliphatic rings. The van der Waals surface area contributed by atoms with Gasteiger partial charge >= 0.3 is 6.18 Å². The van der Waals surface area contributed by atoms with Gasteiger partial charge in [-0.25, -0.2) is 4.98 Å². The van der Waals surface area contributed by atoms with Crippen LogP contribution in [0.15, 0.2) is 30.6 Å². The predicted octanol–water partition coefficient (Wildman–Crippen LogP) is 4.12. The Bertz CT molecular complexity index is 632. The van der Waals surface area contributed by atoms with E-state index in [0.717, 1.165) is 25.0 Å². The minimum Gasteiger partial charge on any atom is -0.353 e. The lowest BCUT2D eigenvalue weighted by Crippen LogP contribution is -2.10. The summed E-state index contributed by atoms with van der Waals surface area (Å²) < 4.78 is 39.9. The number of imidazole rings is 1. The fourth-order valence-corrected chi connectivity index (χ4v) is 2.10. The molecule has 3 rings (SSSR count). The summed E-state index contributed by atoms with van der Waals surface area (Å²) in [6.45, 7) is 0. The van der Waals surface area contributed by atoms with E-state index in [9.17, 15) is 13.2 Å². The number of alkyl halides is 3. The smallest absolute Gasteiger partial charge is 0.353 e. The second-order valence-corrected chi connectivity index (χ2v) is 5.11. The molecule has 0 radical (unpaired) electrons. The van der Waals surface area contributed by atoms with E-state index in [1.807, 2.05) is 0 Å². The number of hydrogen-bond acceptors (Lipinski definition) is 2. The van der Waals surface area contributed by atoms with Crippen LogP contribution >= 0.6 is 11.6 Å². The fourth-order valence-electron chi connectivity index (χ4n) is 1.89. The lowest BCUT2D eigenvalue weighted by molar-refractivity contribution is -0.137. The van der Waals surface area contributed by atoms with Crippen molar-refractivity contribution in [1.29, 1.82) is 0 Å². The molecule has 0 spiro atoms. The zero-order valence-electron chi connectivity index (χ0n) is 10.3. The summed E-state index contributed by atoms with van der Waals surface area (Å²) in [5.41, 5.74) is -0.467. The van der Waals surface area contributed by atoms with E-state index in [1.165, 1.54) is 16.8 Å². The molecule has 0 atom stereocenters. The molecule has 0 bridgehead atoms. The van der Waals surface area contributed by atoms with Crippen molar-refractivity contribution >= 4 is 17.5 Å². The number of nitrogens with zero attached hydrogens (tertiary/aromatic N) is 2. The van der Waals surface area contributed by atoms with Gasteiger partial charge in [0.05, 0.1) is 16.3 Å². The van der Waals surface area contributed by atoms with Gasteiger partial charge in [0, 0.05) is 18.4 Å². The molecule has 1 aliphatic carbocycles. The minimum absolute atomic E-state index is 0.245. The molecule has 1 fully saturated rings. The Morgan fingerprint density at radius 3 is 2.70 bits per heavy atom. The van der Waals surface area contributed by atoms with Crippen molar-refractivity contribution in [2.75, 3.05) is 5.32 Å². The highest BCUT2D eigenvalue weighted by molar-refractivity contribution is 6.32. The second kappa shape index (κ2) is 4.70. The SMILES string of the molecule is FC(F)(F)c1ccc(Cl)c(-n2ccnc2NC2CC2)c1. The summed E-state index contributed by atoms with van der Waals surface area (Å²) in [5.74, 6) is 0.508. The largest absolute Gasteiger partial charge is 0.416 e. The number of anilines is 1. The molecule has 1 saturated carbocycles. The van der Waals surface area contributed by atoms with Crippen molar-refractivity contribution in [2.24, 2.45) is 0 Å². The Morgan fingerprint density at radius 2 is 2.05 bits per heavy atom. The van der Waals surface area contributed by atoms with Crippen molar-refractivity contribution in [3.8, 4) is 5.69 Å². The average Bonchev–Trinajstić information content (AvgIpc) is 3.06. The lowest BCUT2D eigenvalue weighted by Gasteiger charge is -2.13. The molecule has 0 saturated heterocycles. The van der Waals surface area contributed by atoms with Gasteiger partial charge in [-0.2, -0.15) is 13.2 Å². The van der Waals surface area contributed by atoms with Crippen LogP contribution in [0.4, 0.5) is 19.1 Å². The number of rotatable bonds is 3. The molecule has 0 unspecified atom stereocenters. The molecule has 0 amide bonds. The van der Waals surface area contributed by atoms with Gasteiger partial charge in [-0.3, -0.25) is 4.57 Å². The number of benzene rings is 1. The van der Waals surface area contributed by atoms with Gasteiger partial charge < -0.3 is 5.32 Å². The normalized spacial score (nSPS) is 15.4. The maximum absolute atomic E-state index is 12.8. The zero-order valence-corrected chi connectivity index (χ0v) is 11.0. The van der Waals surface area contributed by atoms with E-state index < -0.39 is 11.7 Å². The molecule has 3 nitrogen and oxygen atoms in total. The van der Waals surface area contributed by atoms with Crippen LogP contribution in [0.5, 0.6) is 0 Å². The molecule has 1 aromatic carbocycles. The van der Waals surface area contributed by atoms with Gasteiger partial charge in [-0.15, -0.1) is 0 Å². The number of aromatic nitrogens is 2. The third-order valence-corrected chi connectivity index (χ3v) is 3.40. The lowest BCUT2D eigenvalue weighted by atomic mass is 10.2. The molecule has 1 aromatic heterocycles. The van der Waals surface area contributed by atoms with Crippen LogP contribution in [0.1, 0.15) is 18.4 Å². The third kappa shape index (κ3) is 2.60. The first-order valence-corrected chi connectivity index (χ1v) is 6.50. The van der Waals surface area contributed by atoms with E-state index in [1.54, 1.807) is 6.20 Å². The summed E-state index contributed by atoms with van der Waals surface area (Å²) in [6, 6.07) is 3.60. The highest BCUT2D eigenvalue weighted by Gasteiger charge is 2.31. The van der Waals surface area contributed by atoms with Crippen LogP contribution in [-0.4, -0.2) is 15.6 Å². The van der Waals surface area contributed by atoms with E-state index in [4.69, 9.17) is 11.6 Å². The van der Waals surface area contributed by atoms with Crippen molar-refractivity contribution < 1.29 is 13.2 Å². The van der Waals surface area contributed by atoms with Crippen molar-refractivity contribution in [3.63, 3.8) is 0 Å². The molecule has 1 N–H and O–H groups in total. The highest BCUT2D eigenvalue weighted by Crippen LogP contribution is 2.34. The Morgan fingerprint density at radius 1 is 1.30 bits per heavy atom. The summed E-state index contributed by atoms with van der Waals surface area (Å²) in [4.78, 5) is 4.12. The topological polar surface area (TPSA) is 29.9 Å². The molecule has 1 heterocycles. The Hall–Kier alpha value is -1.69. The molecule has 2 aromatic rings. The monoisotopic (exact) mass is 301 g/mol. The third-order valence-electron chi connectivity index (χ3n) is 3.08. The average molecular weight is 302 g/mol. The first kappa shape index (κ1) is 13.3. The van der Waals surface area contributed by atoms with Crippen molar-refractivity contribution in [2.45, 2.75) is 25.1 Å². The molecule has 20 heavy (non-hydrogen) atoms. The summed E-state index contributed by atoms with van der Waals surface area (Å²) in [7, 11) is 0. The molecule has 7 heteroatoms. The van der Waals surface area contributed by atoms with Gasteiger partial charge in [0.1, 0.15) is 0 Å². The first-order valence-electron chi connectivity index (χ1n) is 6.12. The fraction of sp³-hybridized carbons (Fsp3) is 0.308. The van der Waals surface area contributed by atoms with Gasteiger partial charge in [-0.05, 0) is 31.0 Å². The van der Waals surface area contributed by atoms with E-state index in [2.05, 4.69) is 10.3 Å². The first-order chi connectivity index (χ1) is 9.45. The molecular formula is C13H11ClF3N3. The maximum atomic E-state index is 12.8. The number of nitrogens with one attached hydrogen (secondary N) is 1. The molecular weight excluding hydrogens is 291 g/mol. The standard InChI is InChI=1S/C13H11ClF3N3/c14-10-4-1-8(13(15,16)17)7-11(10)20-6-5-18-12(20)19-9-2-3-9/h1,4-7,9H,2-3H2,(H,18,19). The minimum atomic E-state index is -4.40. The number of hydrogen-bond donors (Lipinski definition) is 1.